The van der Waals surface area contributed by atoms with Crippen LogP contribution in [0, 0.1) is 0 Å². The van der Waals surface area contributed by atoms with Gasteiger partial charge < -0.3 is 20.4 Å². The number of anilines is 1. The van der Waals surface area contributed by atoms with Gasteiger partial charge >= 0.3 is 0 Å². The number of hydrogen-bond donors (Lipinski definition) is 2. The molecule has 0 unspecified atom stereocenters. The molecule has 0 spiro atoms. The fourth-order valence-corrected chi connectivity index (χ4v) is 6.48. The van der Waals surface area contributed by atoms with Crippen LogP contribution in [-0.2, 0) is 11.8 Å². The molecule has 3 N–H and O–H groups in total. The summed E-state index contributed by atoms with van der Waals surface area (Å²) in [5.41, 5.74) is 9.49. The first kappa shape index (κ1) is 22.3. The molecule has 2 fully saturated rings. The van der Waals surface area contributed by atoms with Crippen LogP contribution < -0.4 is 16.6 Å². The Morgan fingerprint density at radius 3 is 2.77 bits per heavy atom. The summed E-state index contributed by atoms with van der Waals surface area (Å²) in [4.78, 5) is 31.5. The van der Waals surface area contributed by atoms with Crippen LogP contribution in [0.1, 0.15) is 59.7 Å². The van der Waals surface area contributed by atoms with E-state index >= 15 is 0 Å². The van der Waals surface area contributed by atoms with Gasteiger partial charge in [-0.2, -0.15) is 0 Å². The number of rotatable bonds is 4. The van der Waals surface area contributed by atoms with Crippen molar-refractivity contribution in [3.05, 3.63) is 51.3 Å². The van der Waals surface area contributed by atoms with Crippen molar-refractivity contribution in [2.24, 2.45) is 7.05 Å². The van der Waals surface area contributed by atoms with Crippen molar-refractivity contribution in [1.29, 1.82) is 0 Å². The van der Waals surface area contributed by atoms with Gasteiger partial charge in [0.25, 0.3) is 11.5 Å². The van der Waals surface area contributed by atoms with Gasteiger partial charge in [-0.15, -0.1) is 11.3 Å². The highest BCUT2D eigenvalue weighted by Crippen LogP contribution is 2.38. The Morgan fingerprint density at radius 1 is 1.17 bits per heavy atom. The fourth-order valence-electron chi connectivity index (χ4n) is 5.55. The molecule has 1 amide bonds. The number of fused-ring (bicyclic) bond motifs is 2. The lowest BCUT2D eigenvalue weighted by Gasteiger charge is -2.21. The highest BCUT2D eigenvalue weighted by molar-refractivity contribution is 7.20. The average molecular weight is 492 g/mol. The van der Waals surface area contributed by atoms with E-state index in [4.69, 9.17) is 10.5 Å². The maximum absolute atomic E-state index is 13.2. The molecular weight excluding hydrogens is 462 g/mol. The third kappa shape index (κ3) is 3.92. The summed E-state index contributed by atoms with van der Waals surface area (Å²) < 4.78 is 9.13. The summed E-state index contributed by atoms with van der Waals surface area (Å²) in [6, 6.07) is 7.85. The monoisotopic (exact) mass is 491 g/mol. The first-order valence-electron chi connectivity index (χ1n) is 12.3. The van der Waals surface area contributed by atoms with Gasteiger partial charge in [0.15, 0.2) is 5.82 Å². The van der Waals surface area contributed by atoms with E-state index in [9.17, 15) is 9.59 Å². The number of benzene rings is 1. The largest absolute Gasteiger partial charge is 0.379 e. The minimum absolute atomic E-state index is 0.00614. The minimum atomic E-state index is -0.374. The first-order chi connectivity index (χ1) is 17.0. The smallest absolute Gasteiger partial charge is 0.298 e. The van der Waals surface area contributed by atoms with Crippen molar-refractivity contribution >= 4 is 44.3 Å². The van der Waals surface area contributed by atoms with E-state index in [2.05, 4.69) is 40.2 Å². The van der Waals surface area contributed by atoms with Gasteiger partial charge in [0, 0.05) is 30.8 Å². The molecule has 3 aromatic heterocycles. The van der Waals surface area contributed by atoms with Crippen LogP contribution in [0.5, 0.6) is 0 Å². The molecule has 1 saturated heterocycles. The van der Waals surface area contributed by atoms with Crippen LogP contribution in [0.3, 0.4) is 0 Å². The third-order valence-electron chi connectivity index (χ3n) is 7.37. The number of aromatic nitrogens is 3. The van der Waals surface area contributed by atoms with Crippen LogP contribution in [0.25, 0.3) is 26.9 Å². The normalized spacial score (nSPS) is 19.1. The van der Waals surface area contributed by atoms with Crippen molar-refractivity contribution < 1.29 is 9.53 Å². The number of carbonyl (C=O) groups is 1. The molecule has 0 radical (unpaired) electrons. The van der Waals surface area contributed by atoms with E-state index in [1.165, 1.54) is 54.4 Å². The van der Waals surface area contributed by atoms with Crippen LogP contribution >= 0.6 is 11.3 Å². The molecule has 1 aliphatic heterocycles. The number of nitrogens with one attached hydrogen (secondary N) is 1. The van der Waals surface area contributed by atoms with Crippen molar-refractivity contribution in [2.75, 3.05) is 18.9 Å². The number of hydrogen-bond acceptors (Lipinski definition) is 6. The Morgan fingerprint density at radius 2 is 2.00 bits per heavy atom. The number of nitrogens with two attached hydrogens (primary N) is 1. The van der Waals surface area contributed by atoms with Crippen molar-refractivity contribution in [3.63, 3.8) is 0 Å². The minimum Gasteiger partial charge on any atom is -0.379 e. The quantitative estimate of drug-likeness (QED) is 0.448. The molecule has 6 rings (SSSR count). The van der Waals surface area contributed by atoms with Gasteiger partial charge in [-0.05, 0) is 55.0 Å². The molecule has 182 valence electrons. The Balaban J connectivity index is 1.46. The fraction of sp³-hybridized carbons (Fsp3) is 0.423. The van der Waals surface area contributed by atoms with E-state index in [1.807, 2.05) is 6.07 Å². The number of amides is 1. The van der Waals surface area contributed by atoms with Crippen molar-refractivity contribution in [3.8, 4) is 5.69 Å². The summed E-state index contributed by atoms with van der Waals surface area (Å²) in [5, 5.41) is 4.18. The number of ether oxygens (including phenoxy) is 1. The summed E-state index contributed by atoms with van der Waals surface area (Å²) in [6.07, 6.45) is 9.26. The number of thiophene rings is 1. The zero-order valence-corrected chi connectivity index (χ0v) is 20.6. The van der Waals surface area contributed by atoms with Crippen LogP contribution in [-0.4, -0.2) is 39.3 Å². The zero-order chi connectivity index (χ0) is 24.1. The highest BCUT2D eigenvalue weighted by Gasteiger charge is 2.23. The van der Waals surface area contributed by atoms with E-state index in [0.29, 0.717) is 34.4 Å². The van der Waals surface area contributed by atoms with E-state index < -0.39 is 0 Å². The number of nitrogen functional groups attached to an aromatic ring is 1. The predicted molar refractivity (Wildman–Crippen MR) is 139 cm³/mol. The first-order valence-corrected chi connectivity index (χ1v) is 13.1. The zero-order valence-electron chi connectivity index (χ0n) is 19.8. The van der Waals surface area contributed by atoms with Gasteiger partial charge in [0.1, 0.15) is 4.83 Å². The molecule has 35 heavy (non-hydrogen) atoms. The van der Waals surface area contributed by atoms with Gasteiger partial charge in [0.05, 0.1) is 28.7 Å². The molecule has 1 aromatic carbocycles. The maximum Gasteiger partial charge on any atom is 0.298 e. The molecule has 1 atom stereocenters. The van der Waals surface area contributed by atoms with Gasteiger partial charge in [0.2, 0.25) is 0 Å². The lowest BCUT2D eigenvalue weighted by atomic mass is 9.84. The molecule has 9 heteroatoms. The molecule has 4 aromatic rings. The lowest BCUT2D eigenvalue weighted by molar-refractivity contribution is 0.0934. The maximum atomic E-state index is 13.2. The lowest BCUT2D eigenvalue weighted by Crippen LogP contribution is -2.34. The molecular formula is C26H29N5O3S. The van der Waals surface area contributed by atoms with Gasteiger partial charge in [-0.25, -0.2) is 4.98 Å². The summed E-state index contributed by atoms with van der Waals surface area (Å²) in [5.74, 6) is 0.285. The second kappa shape index (κ2) is 8.80. The number of aryl methyl sites for hydroxylation is 1. The predicted octanol–water partition coefficient (Wildman–Crippen LogP) is 4.09. The van der Waals surface area contributed by atoms with Gasteiger partial charge in [-0.1, -0.05) is 19.3 Å². The third-order valence-corrected chi connectivity index (χ3v) is 8.39. The van der Waals surface area contributed by atoms with E-state index in [1.54, 1.807) is 10.6 Å². The van der Waals surface area contributed by atoms with Gasteiger partial charge in [-0.3, -0.25) is 14.2 Å². The van der Waals surface area contributed by atoms with Crippen LogP contribution in [0.2, 0.25) is 0 Å². The molecule has 8 nitrogen and oxygen atoms in total. The SMILES string of the molecule is Cn1cc(C2CCCCC2)c2cc(-n3c(=O)c(N)nc4sc(C(=O)N[C@@H]5CCOC5)cc43)ccc21. The topological polar surface area (TPSA) is 104 Å². The molecule has 1 saturated carbocycles. The Bertz CT molecular complexity index is 1490. The Kier molecular flexibility index (Phi) is 5.61. The second-order valence-corrected chi connectivity index (χ2v) is 10.7. The summed E-state index contributed by atoms with van der Waals surface area (Å²) in [6.45, 7) is 1.17. The molecule has 1 aliphatic carbocycles. The van der Waals surface area contributed by atoms with Crippen LogP contribution in [0.4, 0.5) is 5.82 Å². The summed E-state index contributed by atoms with van der Waals surface area (Å²) >= 11 is 1.25. The average Bonchev–Trinajstić information content (AvgIpc) is 3.60. The Hall–Kier alpha value is -3.17. The van der Waals surface area contributed by atoms with E-state index in [-0.39, 0.29) is 23.3 Å². The van der Waals surface area contributed by atoms with Crippen molar-refractivity contribution in [2.45, 2.75) is 50.5 Å². The summed E-state index contributed by atoms with van der Waals surface area (Å²) in [7, 11) is 2.07. The molecule has 2 aliphatic rings. The Labute approximate surface area is 206 Å². The molecule has 0 bridgehead atoms. The standard InChI is InChI=1S/C26H29N5O3S/c1-30-13-19(15-5-3-2-4-6-15)18-11-17(7-8-20(18)30)31-21-12-22(24(32)28-16-9-10-34-14-16)35-25(21)29-23(27)26(31)33/h7-8,11-13,15-16H,2-6,9-10,14H2,1H3,(H2,27,29)(H,28,32)/t16-/m1/s1. The number of carbonyl (C=O) groups excluding carboxylic acids is 1. The van der Waals surface area contributed by atoms with Crippen molar-refractivity contribution in [1.82, 2.24) is 19.4 Å². The molecule has 4 heterocycles. The second-order valence-electron chi connectivity index (χ2n) is 9.70. The highest BCUT2D eigenvalue weighted by atomic mass is 32.1. The van der Waals surface area contributed by atoms with Crippen LogP contribution in [0.15, 0.2) is 35.3 Å². The van der Waals surface area contributed by atoms with E-state index in [0.717, 1.165) is 17.6 Å². The number of nitrogens with zero attached hydrogens (tertiary/aromatic N) is 3.